The molecule has 1 rings (SSSR count). The van der Waals surface area contributed by atoms with Crippen LogP contribution in [-0.2, 0) is 28.1 Å². The molecule has 2 unspecified atom stereocenters. The fraction of sp³-hybridized carbons (Fsp3) is 0.857. The number of carbonyl (C=O) groups is 1. The third-order valence-corrected chi connectivity index (χ3v) is 11.1. The predicted molar refractivity (Wildman–Crippen MR) is 41.1 cm³/mol. The van der Waals surface area contributed by atoms with Crippen LogP contribution in [0.3, 0.4) is 0 Å². The van der Waals surface area contributed by atoms with Gasteiger partial charge in [0.25, 0.3) is 0 Å². The Morgan fingerprint density at radius 3 is 2.91 bits per heavy atom. The molecule has 0 aromatic carbocycles. The standard InChI is InChI=1S/C7H12NO.ClH.Hg/c1-6(9)8-7-4-2-3-5-7;;/h4,7H,2-3,5H2,1H3,(H,8,9);1H;/q;;+1/p-1. The van der Waals surface area contributed by atoms with Crippen molar-refractivity contribution in [1.29, 1.82) is 0 Å². The number of amides is 1. The van der Waals surface area contributed by atoms with Crippen molar-refractivity contribution in [3.05, 3.63) is 0 Å². The molecule has 0 bridgehead atoms. The molecule has 4 heteroatoms. The van der Waals surface area contributed by atoms with Gasteiger partial charge in [-0.1, -0.05) is 0 Å². The molecule has 60 valence electrons. The normalized spacial score (nSPS) is 29.6. The minimum atomic E-state index is -1.11. The molecule has 1 N–H and O–H groups in total. The van der Waals surface area contributed by atoms with E-state index in [-0.39, 0.29) is 5.91 Å². The first kappa shape index (κ1) is 9.78. The Labute approximate surface area is 82.9 Å². The quantitative estimate of drug-likeness (QED) is 0.745. The Morgan fingerprint density at radius 1 is 1.64 bits per heavy atom. The molecule has 1 aliphatic carbocycles. The number of halogens is 1. The molecular formula is C7H12ClHgNO. The number of carbonyl (C=O) groups excluding carboxylic acids is 1. The van der Waals surface area contributed by atoms with E-state index in [0.717, 1.165) is 9.85 Å². The van der Waals surface area contributed by atoms with Crippen LogP contribution in [-0.4, -0.2) is 11.9 Å². The van der Waals surface area contributed by atoms with Crippen LogP contribution in [0.2, 0.25) is 3.43 Å². The molecule has 0 saturated heterocycles. The van der Waals surface area contributed by atoms with E-state index in [1.807, 2.05) is 0 Å². The first-order chi connectivity index (χ1) is 5.24. The number of hydrogen-bond acceptors (Lipinski definition) is 1. The van der Waals surface area contributed by atoms with E-state index in [9.17, 15) is 4.79 Å². The van der Waals surface area contributed by atoms with Crippen molar-refractivity contribution in [3.63, 3.8) is 0 Å². The van der Waals surface area contributed by atoms with Crippen LogP contribution in [0.1, 0.15) is 26.2 Å². The van der Waals surface area contributed by atoms with Crippen LogP contribution in [0.25, 0.3) is 0 Å². The zero-order valence-corrected chi connectivity index (χ0v) is 13.0. The maximum absolute atomic E-state index is 10.7. The molecule has 0 aromatic heterocycles. The summed E-state index contributed by atoms with van der Waals surface area (Å²) >= 11 is -1.11. The van der Waals surface area contributed by atoms with E-state index in [2.05, 4.69) is 5.32 Å². The molecule has 0 heterocycles. The molecule has 0 radical (unpaired) electrons. The Bertz CT molecular complexity index is 153. The van der Waals surface area contributed by atoms with Crippen molar-refractivity contribution in [1.82, 2.24) is 5.32 Å². The monoisotopic (exact) mass is 363 g/mol. The summed E-state index contributed by atoms with van der Waals surface area (Å²) < 4.78 is 0.723. The molecule has 0 spiro atoms. The van der Waals surface area contributed by atoms with E-state index >= 15 is 0 Å². The number of rotatable bonds is 2. The van der Waals surface area contributed by atoms with Crippen LogP contribution in [0.15, 0.2) is 0 Å². The van der Waals surface area contributed by atoms with Crippen molar-refractivity contribution in [2.75, 3.05) is 0 Å². The van der Waals surface area contributed by atoms with E-state index in [4.69, 9.17) is 8.25 Å². The average molecular weight is 362 g/mol. The van der Waals surface area contributed by atoms with E-state index in [1.54, 1.807) is 6.92 Å². The maximum atomic E-state index is 10.7. The Hall–Kier alpha value is 0.695. The molecular weight excluding hydrogens is 350 g/mol. The SMILES string of the molecule is CC(=O)NC1CCC[CH]1[Hg][Cl]. The van der Waals surface area contributed by atoms with Crippen molar-refractivity contribution < 1.29 is 28.1 Å². The predicted octanol–water partition coefficient (Wildman–Crippen LogP) is 1.70. The van der Waals surface area contributed by atoms with Gasteiger partial charge in [0.15, 0.2) is 0 Å². The molecule has 2 nitrogen and oxygen atoms in total. The second kappa shape index (κ2) is 4.66. The van der Waals surface area contributed by atoms with Crippen molar-refractivity contribution in [2.45, 2.75) is 35.7 Å². The van der Waals surface area contributed by atoms with E-state index in [0.29, 0.717) is 6.04 Å². The Balaban J connectivity index is 2.37. The molecule has 0 aliphatic heterocycles. The topological polar surface area (TPSA) is 29.1 Å². The van der Waals surface area contributed by atoms with Crippen LogP contribution in [0.5, 0.6) is 0 Å². The van der Waals surface area contributed by atoms with Crippen molar-refractivity contribution in [3.8, 4) is 0 Å². The first-order valence-corrected chi connectivity index (χ1v) is 14.0. The minimum absolute atomic E-state index is 0.0976. The third kappa shape index (κ3) is 2.90. The molecule has 0 aromatic rings. The van der Waals surface area contributed by atoms with Gasteiger partial charge in [0, 0.05) is 0 Å². The van der Waals surface area contributed by atoms with Gasteiger partial charge in [-0.05, 0) is 0 Å². The summed E-state index contributed by atoms with van der Waals surface area (Å²) in [5.74, 6) is 0.0976. The van der Waals surface area contributed by atoms with Crippen LogP contribution >= 0.6 is 8.25 Å². The number of nitrogens with one attached hydrogen (secondary N) is 1. The van der Waals surface area contributed by atoms with E-state index in [1.165, 1.54) is 12.8 Å². The zero-order chi connectivity index (χ0) is 8.27. The summed E-state index contributed by atoms with van der Waals surface area (Å²) in [6, 6.07) is 0.437. The molecule has 2 atom stereocenters. The van der Waals surface area contributed by atoms with Gasteiger partial charge < -0.3 is 0 Å². The van der Waals surface area contributed by atoms with Crippen LogP contribution in [0, 0.1) is 0 Å². The summed E-state index contributed by atoms with van der Waals surface area (Å²) in [5, 5.41) is 2.97. The Kier molecular flexibility index (Phi) is 4.14. The first-order valence-electron chi connectivity index (χ1n) is 4.07. The van der Waals surface area contributed by atoms with Gasteiger partial charge in [0.05, 0.1) is 0 Å². The van der Waals surface area contributed by atoms with E-state index < -0.39 is 23.3 Å². The van der Waals surface area contributed by atoms with Gasteiger partial charge in [-0.25, -0.2) is 0 Å². The second-order valence-corrected chi connectivity index (χ2v) is 11.1. The Morgan fingerprint density at radius 2 is 2.36 bits per heavy atom. The van der Waals surface area contributed by atoms with Gasteiger partial charge in [0.2, 0.25) is 0 Å². The van der Waals surface area contributed by atoms with Crippen molar-refractivity contribution >= 4 is 14.2 Å². The summed E-state index contributed by atoms with van der Waals surface area (Å²) in [6.07, 6.45) is 3.66. The van der Waals surface area contributed by atoms with Crippen LogP contribution in [0.4, 0.5) is 0 Å². The van der Waals surface area contributed by atoms with Crippen LogP contribution < -0.4 is 5.32 Å². The molecule has 1 amide bonds. The fourth-order valence-corrected chi connectivity index (χ4v) is 8.85. The average Bonchev–Trinajstić information content (AvgIpc) is 2.34. The zero-order valence-electron chi connectivity index (χ0n) is 6.77. The molecule has 1 fully saturated rings. The van der Waals surface area contributed by atoms with Crippen molar-refractivity contribution in [2.24, 2.45) is 0 Å². The van der Waals surface area contributed by atoms with Gasteiger partial charge in [-0.2, -0.15) is 0 Å². The molecule has 1 aliphatic rings. The summed E-state index contributed by atoms with van der Waals surface area (Å²) in [7, 11) is 5.96. The summed E-state index contributed by atoms with van der Waals surface area (Å²) in [4.78, 5) is 10.7. The van der Waals surface area contributed by atoms with Gasteiger partial charge in [0.1, 0.15) is 0 Å². The molecule has 11 heavy (non-hydrogen) atoms. The summed E-state index contributed by atoms with van der Waals surface area (Å²) in [5.41, 5.74) is 0. The van der Waals surface area contributed by atoms with Gasteiger partial charge in [-0.15, -0.1) is 0 Å². The van der Waals surface area contributed by atoms with Gasteiger partial charge in [-0.3, -0.25) is 0 Å². The number of hydrogen-bond donors (Lipinski definition) is 1. The van der Waals surface area contributed by atoms with Gasteiger partial charge >= 0.3 is 83.3 Å². The summed E-state index contributed by atoms with van der Waals surface area (Å²) in [6.45, 7) is 1.58. The molecule has 1 saturated carbocycles. The third-order valence-electron chi connectivity index (χ3n) is 2.25. The second-order valence-electron chi connectivity index (χ2n) is 3.15. The fourth-order valence-electron chi connectivity index (χ4n) is 1.67.